The van der Waals surface area contributed by atoms with Crippen LogP contribution in [-0.4, -0.2) is 19.0 Å². The Hall–Kier alpha value is -1.82. The van der Waals surface area contributed by atoms with Crippen LogP contribution < -0.4 is 14.8 Å². The third-order valence-electron chi connectivity index (χ3n) is 3.68. The van der Waals surface area contributed by atoms with Crippen LogP contribution in [0.3, 0.4) is 0 Å². The lowest BCUT2D eigenvalue weighted by molar-refractivity contribution is -0.120. The van der Waals surface area contributed by atoms with Gasteiger partial charge in [-0.15, -0.1) is 0 Å². The van der Waals surface area contributed by atoms with E-state index in [1.165, 1.54) is 34.4 Å². The molecule has 0 saturated carbocycles. The van der Waals surface area contributed by atoms with Gasteiger partial charge in [0, 0.05) is 38.2 Å². The summed E-state index contributed by atoms with van der Waals surface area (Å²) >= 11 is 1.46. The maximum Gasteiger partial charge on any atom is 0.219 e. The van der Waals surface area contributed by atoms with Crippen molar-refractivity contribution in [3.8, 4) is 11.1 Å². The summed E-state index contributed by atoms with van der Waals surface area (Å²) in [5, 5.41) is 2.83. The molecule has 0 saturated heterocycles. The minimum atomic E-state index is 0.0860. The van der Waals surface area contributed by atoms with Crippen LogP contribution in [0.1, 0.15) is 24.5 Å². The van der Waals surface area contributed by atoms with Crippen LogP contribution >= 0.6 is 12.1 Å². The standard InChI is InChI=1S/C19H25N3OS/c1-3-19(23)20-11-12-21-24-22-14-16-10-9-15(2)18(13-16)17-7-5-4-6-8-17/h4-10,13,21-22H,3,11-12,14H2,1-2H3,(H,20,23). The summed E-state index contributed by atoms with van der Waals surface area (Å²) in [4.78, 5) is 11.1. The molecule has 2 aromatic carbocycles. The molecule has 0 radical (unpaired) electrons. The van der Waals surface area contributed by atoms with Crippen molar-refractivity contribution in [1.29, 1.82) is 0 Å². The minimum Gasteiger partial charge on any atom is -0.355 e. The molecule has 0 heterocycles. The van der Waals surface area contributed by atoms with Gasteiger partial charge >= 0.3 is 0 Å². The lowest BCUT2D eigenvalue weighted by Crippen LogP contribution is -2.30. The van der Waals surface area contributed by atoms with Gasteiger partial charge in [-0.25, -0.2) is 9.44 Å². The van der Waals surface area contributed by atoms with E-state index in [0.717, 1.165) is 13.1 Å². The molecule has 4 nitrogen and oxygen atoms in total. The summed E-state index contributed by atoms with van der Waals surface area (Å²) in [6.45, 7) is 6.14. The quantitative estimate of drug-likeness (QED) is 0.482. The number of carbonyl (C=O) groups is 1. The van der Waals surface area contributed by atoms with Crippen LogP contribution in [-0.2, 0) is 11.3 Å². The van der Waals surface area contributed by atoms with Crippen molar-refractivity contribution in [2.24, 2.45) is 0 Å². The molecule has 0 aliphatic heterocycles. The second-order valence-electron chi connectivity index (χ2n) is 5.54. The van der Waals surface area contributed by atoms with E-state index in [-0.39, 0.29) is 5.91 Å². The van der Waals surface area contributed by atoms with Crippen molar-refractivity contribution in [2.45, 2.75) is 26.8 Å². The van der Waals surface area contributed by atoms with Crippen LogP contribution in [0.5, 0.6) is 0 Å². The Labute approximate surface area is 148 Å². The summed E-state index contributed by atoms with van der Waals surface area (Å²) in [6.07, 6.45) is 0.530. The molecule has 0 aliphatic carbocycles. The molecule has 0 aromatic heterocycles. The molecule has 0 aliphatic rings. The van der Waals surface area contributed by atoms with Crippen LogP contribution in [0.25, 0.3) is 11.1 Å². The first-order valence-electron chi connectivity index (χ1n) is 8.24. The van der Waals surface area contributed by atoms with Gasteiger partial charge in [-0.1, -0.05) is 49.4 Å². The average Bonchev–Trinajstić information content (AvgIpc) is 2.62. The lowest BCUT2D eigenvalue weighted by atomic mass is 9.98. The molecule has 0 spiro atoms. The number of amides is 1. The van der Waals surface area contributed by atoms with Crippen molar-refractivity contribution in [1.82, 2.24) is 14.8 Å². The Morgan fingerprint density at radius 1 is 1.04 bits per heavy atom. The number of benzene rings is 2. The van der Waals surface area contributed by atoms with Crippen molar-refractivity contribution >= 4 is 18.0 Å². The average molecular weight is 343 g/mol. The normalized spacial score (nSPS) is 10.6. The van der Waals surface area contributed by atoms with E-state index >= 15 is 0 Å². The molecule has 128 valence electrons. The zero-order chi connectivity index (χ0) is 17.2. The summed E-state index contributed by atoms with van der Waals surface area (Å²) in [6, 6.07) is 17.0. The largest absolute Gasteiger partial charge is 0.355 e. The number of aryl methyl sites for hydroxylation is 1. The number of rotatable bonds is 9. The second-order valence-corrected chi connectivity index (χ2v) is 6.32. The van der Waals surface area contributed by atoms with E-state index in [4.69, 9.17) is 0 Å². The highest BCUT2D eigenvalue weighted by Crippen LogP contribution is 2.24. The summed E-state index contributed by atoms with van der Waals surface area (Å²) < 4.78 is 6.48. The fraction of sp³-hybridized carbons (Fsp3) is 0.316. The first-order valence-corrected chi connectivity index (χ1v) is 9.05. The highest BCUT2D eigenvalue weighted by Gasteiger charge is 2.03. The van der Waals surface area contributed by atoms with E-state index in [9.17, 15) is 4.79 Å². The highest BCUT2D eigenvalue weighted by atomic mass is 32.2. The first-order chi connectivity index (χ1) is 11.7. The Kier molecular flexibility index (Phi) is 7.82. The molecular formula is C19H25N3OS. The van der Waals surface area contributed by atoms with E-state index in [0.29, 0.717) is 13.0 Å². The van der Waals surface area contributed by atoms with Crippen molar-refractivity contribution in [2.75, 3.05) is 13.1 Å². The smallest absolute Gasteiger partial charge is 0.219 e. The summed E-state index contributed by atoms with van der Waals surface area (Å²) in [7, 11) is 0. The first kappa shape index (κ1) is 18.5. The van der Waals surface area contributed by atoms with Gasteiger partial charge in [-0.2, -0.15) is 0 Å². The van der Waals surface area contributed by atoms with Crippen molar-refractivity contribution in [3.05, 3.63) is 59.7 Å². The lowest BCUT2D eigenvalue weighted by Gasteiger charge is -2.10. The van der Waals surface area contributed by atoms with Crippen LogP contribution in [0.4, 0.5) is 0 Å². The molecule has 24 heavy (non-hydrogen) atoms. The van der Waals surface area contributed by atoms with Gasteiger partial charge in [0.2, 0.25) is 5.91 Å². The van der Waals surface area contributed by atoms with Crippen LogP contribution in [0.2, 0.25) is 0 Å². The molecule has 2 rings (SSSR count). The van der Waals surface area contributed by atoms with Gasteiger partial charge in [-0.3, -0.25) is 4.79 Å². The van der Waals surface area contributed by atoms with Crippen LogP contribution in [0.15, 0.2) is 48.5 Å². The maximum atomic E-state index is 11.1. The molecule has 0 atom stereocenters. The Bertz CT molecular complexity index is 646. The fourth-order valence-corrected chi connectivity index (χ4v) is 2.85. The van der Waals surface area contributed by atoms with E-state index in [2.05, 4.69) is 64.1 Å². The van der Waals surface area contributed by atoms with E-state index in [1.807, 2.05) is 13.0 Å². The fourth-order valence-electron chi connectivity index (χ4n) is 2.31. The monoisotopic (exact) mass is 343 g/mol. The molecule has 0 bridgehead atoms. The number of nitrogens with one attached hydrogen (secondary N) is 3. The van der Waals surface area contributed by atoms with Crippen LogP contribution in [0, 0.1) is 6.92 Å². The van der Waals surface area contributed by atoms with Crippen molar-refractivity contribution in [3.63, 3.8) is 0 Å². The van der Waals surface area contributed by atoms with Gasteiger partial charge in [0.25, 0.3) is 0 Å². The molecule has 0 unspecified atom stereocenters. The molecule has 0 fully saturated rings. The second kappa shape index (κ2) is 10.1. The molecule has 1 amide bonds. The van der Waals surface area contributed by atoms with Gasteiger partial charge in [-0.05, 0) is 35.2 Å². The molecule has 2 aromatic rings. The molecule has 3 N–H and O–H groups in total. The summed E-state index contributed by atoms with van der Waals surface area (Å²) in [5.41, 5.74) is 5.04. The predicted octanol–water partition coefficient (Wildman–Crippen LogP) is 3.43. The third-order valence-corrected chi connectivity index (χ3v) is 4.31. The van der Waals surface area contributed by atoms with E-state index in [1.54, 1.807) is 0 Å². The Morgan fingerprint density at radius 2 is 1.83 bits per heavy atom. The highest BCUT2D eigenvalue weighted by molar-refractivity contribution is 7.95. The zero-order valence-corrected chi connectivity index (χ0v) is 15.1. The van der Waals surface area contributed by atoms with Gasteiger partial charge < -0.3 is 5.32 Å². The Morgan fingerprint density at radius 3 is 2.58 bits per heavy atom. The number of hydrogen-bond acceptors (Lipinski definition) is 4. The molecular weight excluding hydrogens is 318 g/mol. The van der Waals surface area contributed by atoms with Gasteiger partial charge in [0.1, 0.15) is 0 Å². The van der Waals surface area contributed by atoms with Gasteiger partial charge in [0.05, 0.1) is 0 Å². The maximum absolute atomic E-state index is 11.1. The zero-order valence-electron chi connectivity index (χ0n) is 14.3. The predicted molar refractivity (Wildman–Crippen MR) is 102 cm³/mol. The summed E-state index contributed by atoms with van der Waals surface area (Å²) in [5.74, 6) is 0.0860. The topological polar surface area (TPSA) is 53.2 Å². The number of hydrogen-bond donors (Lipinski definition) is 3. The minimum absolute atomic E-state index is 0.0860. The van der Waals surface area contributed by atoms with E-state index < -0.39 is 0 Å². The number of carbonyl (C=O) groups excluding carboxylic acids is 1. The van der Waals surface area contributed by atoms with Crippen molar-refractivity contribution < 1.29 is 4.79 Å². The third kappa shape index (κ3) is 6.00. The SMILES string of the molecule is CCC(=O)NCCNSNCc1ccc(C)c(-c2ccccc2)c1. The Balaban J connectivity index is 1.77. The van der Waals surface area contributed by atoms with Gasteiger partial charge in [0.15, 0.2) is 0 Å². The molecule has 5 heteroatoms.